The van der Waals surface area contributed by atoms with E-state index in [1.807, 2.05) is 18.3 Å². The topological polar surface area (TPSA) is 25.4 Å². The summed E-state index contributed by atoms with van der Waals surface area (Å²) < 4.78 is 6.75. The molecule has 1 aliphatic heterocycles. The molecule has 0 amide bonds. The SMILES string of the molecule is CN1CCC(OCc2ccc(Br)nc2)CC1. The molecule has 0 unspecified atom stereocenters. The first kappa shape index (κ1) is 12.0. The van der Waals surface area contributed by atoms with E-state index in [1.165, 1.54) is 0 Å². The van der Waals surface area contributed by atoms with Crippen LogP contribution in [0.2, 0.25) is 0 Å². The minimum atomic E-state index is 0.417. The molecular weight excluding hydrogens is 268 g/mol. The zero-order chi connectivity index (χ0) is 11.4. The third kappa shape index (κ3) is 3.54. The number of rotatable bonds is 3. The fourth-order valence-electron chi connectivity index (χ4n) is 1.86. The number of nitrogens with zero attached hydrogens (tertiary/aromatic N) is 2. The van der Waals surface area contributed by atoms with Crippen molar-refractivity contribution < 1.29 is 4.74 Å². The van der Waals surface area contributed by atoms with Gasteiger partial charge in [0.15, 0.2) is 0 Å². The van der Waals surface area contributed by atoms with Crippen molar-refractivity contribution in [3.8, 4) is 0 Å². The van der Waals surface area contributed by atoms with E-state index in [0.717, 1.165) is 36.1 Å². The summed E-state index contributed by atoms with van der Waals surface area (Å²) in [7, 11) is 2.16. The Morgan fingerprint density at radius 1 is 1.44 bits per heavy atom. The van der Waals surface area contributed by atoms with E-state index in [2.05, 4.69) is 32.9 Å². The number of aromatic nitrogens is 1. The third-order valence-electron chi connectivity index (χ3n) is 2.94. The van der Waals surface area contributed by atoms with Gasteiger partial charge in [-0.05, 0) is 47.4 Å². The number of piperidine rings is 1. The molecule has 0 radical (unpaired) electrons. The summed E-state index contributed by atoms with van der Waals surface area (Å²) in [5.74, 6) is 0. The Hall–Kier alpha value is -0.450. The lowest BCUT2D eigenvalue weighted by atomic mass is 10.1. The molecule has 3 nitrogen and oxygen atoms in total. The van der Waals surface area contributed by atoms with Crippen LogP contribution < -0.4 is 0 Å². The predicted octanol–water partition coefficient (Wildman–Crippen LogP) is 2.45. The second kappa shape index (κ2) is 5.75. The summed E-state index contributed by atoms with van der Waals surface area (Å²) in [5, 5.41) is 0. The number of ether oxygens (including phenoxy) is 1. The summed E-state index contributed by atoms with van der Waals surface area (Å²) >= 11 is 3.32. The van der Waals surface area contributed by atoms with E-state index in [0.29, 0.717) is 12.7 Å². The maximum absolute atomic E-state index is 5.88. The Morgan fingerprint density at radius 2 is 2.19 bits per heavy atom. The predicted molar refractivity (Wildman–Crippen MR) is 67.2 cm³/mol. The zero-order valence-corrected chi connectivity index (χ0v) is 11.1. The summed E-state index contributed by atoms with van der Waals surface area (Å²) in [6.07, 6.45) is 4.56. The van der Waals surface area contributed by atoms with Gasteiger partial charge in [-0.2, -0.15) is 0 Å². The minimum absolute atomic E-state index is 0.417. The highest BCUT2D eigenvalue weighted by Gasteiger charge is 2.16. The standard InChI is InChI=1S/C12H17BrN2O/c1-15-6-4-11(5-7-15)16-9-10-2-3-12(13)14-8-10/h2-3,8,11H,4-7,9H2,1H3. The summed E-state index contributed by atoms with van der Waals surface area (Å²) in [4.78, 5) is 6.53. The number of likely N-dealkylation sites (tertiary alicyclic amines) is 1. The number of hydrogen-bond acceptors (Lipinski definition) is 3. The zero-order valence-electron chi connectivity index (χ0n) is 9.53. The second-order valence-electron chi connectivity index (χ2n) is 4.30. The van der Waals surface area contributed by atoms with Crippen molar-refractivity contribution in [1.29, 1.82) is 0 Å². The molecule has 0 spiro atoms. The molecular formula is C12H17BrN2O. The number of hydrogen-bond donors (Lipinski definition) is 0. The van der Waals surface area contributed by atoms with E-state index < -0.39 is 0 Å². The monoisotopic (exact) mass is 284 g/mol. The summed E-state index contributed by atoms with van der Waals surface area (Å²) in [5.41, 5.74) is 1.14. The highest BCUT2D eigenvalue weighted by molar-refractivity contribution is 9.10. The van der Waals surface area contributed by atoms with Crippen molar-refractivity contribution in [1.82, 2.24) is 9.88 Å². The van der Waals surface area contributed by atoms with Crippen LogP contribution in [0.15, 0.2) is 22.9 Å². The third-order valence-corrected chi connectivity index (χ3v) is 3.41. The smallest absolute Gasteiger partial charge is 0.106 e. The second-order valence-corrected chi connectivity index (χ2v) is 5.12. The highest BCUT2D eigenvalue weighted by atomic mass is 79.9. The van der Waals surface area contributed by atoms with Crippen LogP contribution in [0.5, 0.6) is 0 Å². The van der Waals surface area contributed by atoms with Crippen molar-refractivity contribution in [2.24, 2.45) is 0 Å². The van der Waals surface area contributed by atoms with Gasteiger partial charge in [0.25, 0.3) is 0 Å². The maximum atomic E-state index is 5.88. The molecule has 0 atom stereocenters. The molecule has 16 heavy (non-hydrogen) atoms. The molecule has 0 bridgehead atoms. The molecule has 1 aliphatic rings. The maximum Gasteiger partial charge on any atom is 0.106 e. The first-order valence-electron chi connectivity index (χ1n) is 5.64. The van der Waals surface area contributed by atoms with Crippen LogP contribution in [0.3, 0.4) is 0 Å². The molecule has 2 heterocycles. The van der Waals surface area contributed by atoms with Gasteiger partial charge in [0.2, 0.25) is 0 Å². The molecule has 88 valence electrons. The van der Waals surface area contributed by atoms with Crippen molar-refractivity contribution in [3.05, 3.63) is 28.5 Å². The molecule has 1 fully saturated rings. The van der Waals surface area contributed by atoms with Crippen LogP contribution >= 0.6 is 15.9 Å². The molecule has 4 heteroatoms. The summed E-state index contributed by atoms with van der Waals surface area (Å²) in [6, 6.07) is 4.00. The Morgan fingerprint density at radius 3 is 2.81 bits per heavy atom. The van der Waals surface area contributed by atoms with Crippen LogP contribution in [0.4, 0.5) is 0 Å². The Kier molecular flexibility index (Phi) is 4.32. The van der Waals surface area contributed by atoms with Crippen molar-refractivity contribution in [2.45, 2.75) is 25.6 Å². The minimum Gasteiger partial charge on any atom is -0.373 e. The molecule has 1 saturated heterocycles. The largest absolute Gasteiger partial charge is 0.373 e. The van der Waals surface area contributed by atoms with Crippen molar-refractivity contribution in [2.75, 3.05) is 20.1 Å². The fourth-order valence-corrected chi connectivity index (χ4v) is 2.09. The van der Waals surface area contributed by atoms with Crippen molar-refractivity contribution >= 4 is 15.9 Å². The van der Waals surface area contributed by atoms with Crippen LogP contribution in [0, 0.1) is 0 Å². The van der Waals surface area contributed by atoms with Gasteiger partial charge in [-0.15, -0.1) is 0 Å². The van der Waals surface area contributed by atoms with Gasteiger partial charge >= 0.3 is 0 Å². The Labute approximate surface area is 105 Å². The van der Waals surface area contributed by atoms with Gasteiger partial charge in [-0.25, -0.2) is 4.98 Å². The normalized spacial score (nSPS) is 18.9. The average molecular weight is 285 g/mol. The molecule has 0 aliphatic carbocycles. The van der Waals surface area contributed by atoms with E-state index >= 15 is 0 Å². The van der Waals surface area contributed by atoms with Crippen LogP contribution in [-0.4, -0.2) is 36.1 Å². The molecule has 0 N–H and O–H groups in total. The van der Waals surface area contributed by atoms with E-state index in [-0.39, 0.29) is 0 Å². The highest BCUT2D eigenvalue weighted by Crippen LogP contribution is 2.14. The van der Waals surface area contributed by atoms with Gasteiger partial charge < -0.3 is 9.64 Å². The van der Waals surface area contributed by atoms with E-state index in [4.69, 9.17) is 4.74 Å². The first-order valence-corrected chi connectivity index (χ1v) is 6.44. The quantitative estimate of drug-likeness (QED) is 0.798. The van der Waals surface area contributed by atoms with Crippen LogP contribution in [0.25, 0.3) is 0 Å². The Balaban J connectivity index is 1.77. The molecule has 1 aromatic heterocycles. The molecule has 0 saturated carbocycles. The lowest BCUT2D eigenvalue weighted by Crippen LogP contribution is -2.34. The Bertz CT molecular complexity index is 320. The molecule has 2 rings (SSSR count). The lowest BCUT2D eigenvalue weighted by molar-refractivity contribution is 0.00203. The number of pyridine rings is 1. The molecule has 0 aromatic carbocycles. The number of halogens is 1. The van der Waals surface area contributed by atoms with E-state index in [1.54, 1.807) is 0 Å². The van der Waals surface area contributed by atoms with Gasteiger partial charge in [0.05, 0.1) is 12.7 Å². The lowest BCUT2D eigenvalue weighted by Gasteiger charge is -2.28. The van der Waals surface area contributed by atoms with Crippen LogP contribution in [-0.2, 0) is 11.3 Å². The van der Waals surface area contributed by atoms with Gasteiger partial charge in [-0.1, -0.05) is 6.07 Å². The fraction of sp³-hybridized carbons (Fsp3) is 0.583. The van der Waals surface area contributed by atoms with Crippen molar-refractivity contribution in [3.63, 3.8) is 0 Å². The van der Waals surface area contributed by atoms with Gasteiger partial charge in [0.1, 0.15) is 4.60 Å². The van der Waals surface area contributed by atoms with Gasteiger partial charge in [-0.3, -0.25) is 0 Å². The van der Waals surface area contributed by atoms with Gasteiger partial charge in [0, 0.05) is 19.3 Å². The average Bonchev–Trinajstić information content (AvgIpc) is 2.30. The summed E-state index contributed by atoms with van der Waals surface area (Å²) in [6.45, 7) is 2.96. The first-order chi connectivity index (χ1) is 7.74. The van der Waals surface area contributed by atoms with Crippen LogP contribution in [0.1, 0.15) is 18.4 Å². The van der Waals surface area contributed by atoms with E-state index in [9.17, 15) is 0 Å². The molecule has 1 aromatic rings.